The van der Waals surface area contributed by atoms with E-state index >= 15 is 0 Å². The molecular formula is C15H18N4O2S. The Kier molecular flexibility index (Phi) is 5.60. The van der Waals surface area contributed by atoms with Gasteiger partial charge in [-0.2, -0.15) is 0 Å². The first kappa shape index (κ1) is 16.1. The van der Waals surface area contributed by atoms with E-state index in [1.807, 2.05) is 0 Å². The zero-order chi connectivity index (χ0) is 15.9. The average molecular weight is 318 g/mol. The second kappa shape index (κ2) is 7.65. The van der Waals surface area contributed by atoms with Gasteiger partial charge in [0.05, 0.1) is 6.21 Å². The molecule has 0 spiro atoms. The molecule has 1 aromatic heterocycles. The summed E-state index contributed by atoms with van der Waals surface area (Å²) in [5, 5.41) is 15.9. The van der Waals surface area contributed by atoms with E-state index in [9.17, 15) is 4.79 Å². The Bertz CT molecular complexity index is 650. The van der Waals surface area contributed by atoms with E-state index in [0.717, 1.165) is 17.0 Å². The van der Waals surface area contributed by atoms with Crippen LogP contribution in [0.15, 0.2) is 29.4 Å². The third-order valence-electron chi connectivity index (χ3n) is 2.75. The number of carbonyl (C=O) groups is 1. The molecule has 0 aliphatic heterocycles. The zero-order valence-electron chi connectivity index (χ0n) is 12.7. The summed E-state index contributed by atoms with van der Waals surface area (Å²) >= 11 is 1.41. The number of rotatable bonds is 6. The minimum Gasteiger partial charge on any atom is -0.399 e. The van der Waals surface area contributed by atoms with Crippen molar-refractivity contribution in [1.82, 2.24) is 10.2 Å². The number of amides is 1. The van der Waals surface area contributed by atoms with Crippen molar-refractivity contribution in [2.24, 2.45) is 11.1 Å². The van der Waals surface area contributed by atoms with Gasteiger partial charge in [0.25, 0.3) is 5.91 Å². The number of benzene rings is 1. The van der Waals surface area contributed by atoms with Crippen molar-refractivity contribution in [1.29, 1.82) is 0 Å². The second-order valence-electron chi connectivity index (χ2n) is 5.09. The molecule has 6 nitrogen and oxygen atoms in total. The fourth-order valence-electron chi connectivity index (χ4n) is 1.74. The molecule has 1 heterocycles. The van der Waals surface area contributed by atoms with E-state index < -0.39 is 0 Å². The Morgan fingerprint density at radius 2 is 2.09 bits per heavy atom. The van der Waals surface area contributed by atoms with Crippen LogP contribution in [0.1, 0.15) is 34.8 Å². The van der Waals surface area contributed by atoms with Gasteiger partial charge >= 0.3 is 0 Å². The summed E-state index contributed by atoms with van der Waals surface area (Å²) in [5.41, 5.74) is 1.41. The van der Waals surface area contributed by atoms with Crippen LogP contribution in [0.4, 0.5) is 5.13 Å². The summed E-state index contributed by atoms with van der Waals surface area (Å²) in [6.45, 7) is 4.24. The molecule has 0 fully saturated rings. The third kappa shape index (κ3) is 4.63. The maximum atomic E-state index is 12.1. The van der Waals surface area contributed by atoms with Gasteiger partial charge in [-0.05, 0) is 23.6 Å². The minimum atomic E-state index is -0.206. The van der Waals surface area contributed by atoms with Gasteiger partial charge in [0.2, 0.25) is 5.13 Å². The Labute approximate surface area is 133 Å². The molecule has 0 saturated carbocycles. The first-order valence-corrected chi connectivity index (χ1v) is 7.70. The number of aromatic nitrogens is 2. The molecule has 1 amide bonds. The largest absolute Gasteiger partial charge is 0.399 e. The highest BCUT2D eigenvalue weighted by Gasteiger charge is 2.11. The molecule has 0 bridgehead atoms. The van der Waals surface area contributed by atoms with E-state index in [1.165, 1.54) is 18.4 Å². The van der Waals surface area contributed by atoms with Crippen LogP contribution in [-0.2, 0) is 11.3 Å². The van der Waals surface area contributed by atoms with Gasteiger partial charge in [-0.3, -0.25) is 10.1 Å². The van der Waals surface area contributed by atoms with E-state index in [2.05, 4.69) is 39.4 Å². The fraction of sp³-hybridized carbons (Fsp3) is 0.333. The van der Waals surface area contributed by atoms with E-state index in [-0.39, 0.29) is 5.91 Å². The van der Waals surface area contributed by atoms with Gasteiger partial charge in [0.1, 0.15) is 12.1 Å². The summed E-state index contributed by atoms with van der Waals surface area (Å²) in [6.07, 6.45) is 2.44. The minimum absolute atomic E-state index is 0.206. The third-order valence-corrected chi connectivity index (χ3v) is 3.61. The Morgan fingerprint density at radius 3 is 2.73 bits per heavy atom. The lowest BCUT2D eigenvalue weighted by atomic mass is 10.1. The Hall–Kier alpha value is -2.28. The van der Waals surface area contributed by atoms with Crippen LogP contribution in [0.2, 0.25) is 0 Å². The van der Waals surface area contributed by atoms with Gasteiger partial charge < -0.3 is 4.84 Å². The monoisotopic (exact) mass is 318 g/mol. The predicted octanol–water partition coefficient (Wildman–Crippen LogP) is 2.97. The molecular weight excluding hydrogens is 300 g/mol. The van der Waals surface area contributed by atoms with Crippen LogP contribution >= 0.6 is 11.3 Å². The molecule has 7 heteroatoms. The van der Waals surface area contributed by atoms with Crippen molar-refractivity contribution in [2.45, 2.75) is 20.3 Å². The Balaban J connectivity index is 1.99. The number of nitrogens with zero attached hydrogens (tertiary/aromatic N) is 3. The van der Waals surface area contributed by atoms with Gasteiger partial charge in [-0.15, -0.1) is 10.2 Å². The number of oxime groups is 1. The molecule has 2 rings (SSSR count). The summed E-state index contributed by atoms with van der Waals surface area (Å²) in [6, 6.07) is 7.04. The molecule has 2 aromatic rings. The van der Waals surface area contributed by atoms with Crippen LogP contribution in [0.3, 0.4) is 0 Å². The molecule has 0 saturated heterocycles. The molecule has 0 aliphatic carbocycles. The maximum absolute atomic E-state index is 12.1. The van der Waals surface area contributed by atoms with E-state index in [4.69, 9.17) is 0 Å². The lowest BCUT2D eigenvalue weighted by Gasteiger charge is -2.01. The van der Waals surface area contributed by atoms with Crippen molar-refractivity contribution >= 4 is 28.6 Å². The lowest BCUT2D eigenvalue weighted by molar-refractivity contribution is 0.102. The number of hydrogen-bond donors (Lipinski definition) is 1. The van der Waals surface area contributed by atoms with E-state index in [1.54, 1.807) is 30.5 Å². The molecule has 0 radical (unpaired) electrons. The van der Waals surface area contributed by atoms with Gasteiger partial charge in [0.15, 0.2) is 0 Å². The summed E-state index contributed by atoms with van der Waals surface area (Å²) in [7, 11) is 1.48. The van der Waals surface area contributed by atoms with Crippen molar-refractivity contribution < 1.29 is 9.63 Å². The van der Waals surface area contributed by atoms with E-state index in [0.29, 0.717) is 16.6 Å². The summed E-state index contributed by atoms with van der Waals surface area (Å²) in [5.74, 6) is 0.306. The maximum Gasteiger partial charge on any atom is 0.257 e. The number of carbonyl (C=O) groups excluding carboxylic acids is 1. The van der Waals surface area contributed by atoms with Crippen LogP contribution in [-0.4, -0.2) is 29.4 Å². The molecule has 0 unspecified atom stereocenters. The molecule has 1 N–H and O–H groups in total. The van der Waals surface area contributed by atoms with Gasteiger partial charge in [-0.25, -0.2) is 0 Å². The van der Waals surface area contributed by atoms with Crippen molar-refractivity contribution in [3.8, 4) is 0 Å². The SMILES string of the molecule is CO/N=C/c1ccc(C(=O)Nc2nnc(CC(C)C)s2)cc1. The predicted molar refractivity (Wildman–Crippen MR) is 87.4 cm³/mol. The lowest BCUT2D eigenvalue weighted by Crippen LogP contribution is -2.11. The summed E-state index contributed by atoms with van der Waals surface area (Å²) < 4.78 is 0. The topological polar surface area (TPSA) is 76.5 Å². The van der Waals surface area contributed by atoms with Crippen LogP contribution < -0.4 is 5.32 Å². The zero-order valence-corrected chi connectivity index (χ0v) is 13.6. The summed E-state index contributed by atoms with van der Waals surface area (Å²) in [4.78, 5) is 16.7. The number of nitrogens with one attached hydrogen (secondary N) is 1. The van der Waals surface area contributed by atoms with Crippen molar-refractivity contribution in [2.75, 3.05) is 12.4 Å². The first-order valence-electron chi connectivity index (χ1n) is 6.89. The van der Waals surface area contributed by atoms with Gasteiger partial charge in [0, 0.05) is 12.0 Å². The first-order chi connectivity index (χ1) is 10.6. The highest BCUT2D eigenvalue weighted by atomic mass is 32.1. The Morgan fingerprint density at radius 1 is 1.36 bits per heavy atom. The number of anilines is 1. The quantitative estimate of drug-likeness (QED) is 0.656. The average Bonchev–Trinajstić information content (AvgIpc) is 2.91. The second-order valence-corrected chi connectivity index (χ2v) is 6.15. The molecule has 116 valence electrons. The molecule has 1 aromatic carbocycles. The van der Waals surface area contributed by atoms with Crippen molar-refractivity contribution in [3.63, 3.8) is 0 Å². The van der Waals surface area contributed by atoms with Crippen molar-refractivity contribution in [3.05, 3.63) is 40.4 Å². The van der Waals surface area contributed by atoms with Crippen LogP contribution in [0.5, 0.6) is 0 Å². The molecule has 0 atom stereocenters. The van der Waals surface area contributed by atoms with Crippen LogP contribution in [0, 0.1) is 5.92 Å². The number of hydrogen-bond acceptors (Lipinski definition) is 6. The normalized spacial score (nSPS) is 11.1. The highest BCUT2D eigenvalue weighted by molar-refractivity contribution is 7.15. The van der Waals surface area contributed by atoms with Gasteiger partial charge in [-0.1, -0.05) is 42.5 Å². The standard InChI is InChI=1S/C15H18N4O2S/c1-10(2)8-13-18-19-15(22-13)17-14(20)12-6-4-11(5-7-12)9-16-21-3/h4-7,9-10H,8H2,1-3H3,(H,17,19,20)/b16-9+. The fourth-order valence-corrected chi connectivity index (χ4v) is 2.69. The molecule has 22 heavy (non-hydrogen) atoms. The van der Waals surface area contributed by atoms with Crippen LogP contribution in [0.25, 0.3) is 0 Å². The smallest absolute Gasteiger partial charge is 0.257 e. The molecule has 0 aliphatic rings. The highest BCUT2D eigenvalue weighted by Crippen LogP contribution is 2.19.